The number of hydrogen-bond acceptors (Lipinski definition) is 4. The van der Waals surface area contributed by atoms with E-state index in [0.29, 0.717) is 18.8 Å². The lowest BCUT2D eigenvalue weighted by Crippen LogP contribution is -2.13. The maximum atomic E-state index is 11.5. The Labute approximate surface area is 127 Å². The summed E-state index contributed by atoms with van der Waals surface area (Å²) < 4.78 is 9.36. The smallest absolute Gasteiger partial charge is 0.338 e. The van der Waals surface area contributed by atoms with Gasteiger partial charge in [-0.05, 0) is 37.0 Å². The van der Waals surface area contributed by atoms with E-state index < -0.39 is 0 Å². The molecule has 4 nitrogen and oxygen atoms in total. The van der Waals surface area contributed by atoms with Gasteiger partial charge < -0.3 is 9.47 Å². The van der Waals surface area contributed by atoms with Crippen molar-refractivity contribution >= 4 is 11.9 Å². The Balaban J connectivity index is 0.000000567. The fraction of sp³-hybridized carbons (Fsp3) is 0.529. The summed E-state index contributed by atoms with van der Waals surface area (Å²) in [5, 5.41) is 0. The number of carbonyl (C=O) groups excluding carboxylic acids is 2. The summed E-state index contributed by atoms with van der Waals surface area (Å²) in [4.78, 5) is 21.3. The average Bonchev–Trinajstić information content (AvgIpc) is 2.39. The molecule has 0 bridgehead atoms. The Kier molecular flexibility index (Phi) is 8.36. The quantitative estimate of drug-likeness (QED) is 0.797. The summed E-state index contributed by atoms with van der Waals surface area (Å²) in [7, 11) is 0. The van der Waals surface area contributed by atoms with Crippen LogP contribution < -0.4 is 0 Å². The molecular weight excluding hydrogens is 268 g/mol. The first kappa shape index (κ1) is 19.2. The number of carbonyl (C=O) groups is 2. The SMILES string of the molecule is CCOC(=O)c1cccc(C(C)(C)C)c1.CCOC(C)=O. The molecule has 0 fully saturated rings. The lowest BCUT2D eigenvalue weighted by atomic mass is 9.86. The lowest BCUT2D eigenvalue weighted by molar-refractivity contribution is -0.140. The van der Waals surface area contributed by atoms with Crippen LogP contribution in [0.1, 0.15) is 57.5 Å². The molecule has 0 amide bonds. The largest absolute Gasteiger partial charge is 0.466 e. The van der Waals surface area contributed by atoms with Crippen molar-refractivity contribution in [1.82, 2.24) is 0 Å². The zero-order valence-corrected chi connectivity index (χ0v) is 13.9. The van der Waals surface area contributed by atoms with Crippen LogP contribution >= 0.6 is 0 Å². The van der Waals surface area contributed by atoms with Gasteiger partial charge in [-0.25, -0.2) is 4.79 Å². The molecule has 118 valence electrons. The van der Waals surface area contributed by atoms with E-state index in [9.17, 15) is 9.59 Å². The topological polar surface area (TPSA) is 52.6 Å². The van der Waals surface area contributed by atoms with Gasteiger partial charge in [-0.3, -0.25) is 4.79 Å². The predicted molar refractivity (Wildman–Crippen MR) is 83.4 cm³/mol. The second-order valence-electron chi connectivity index (χ2n) is 5.48. The first-order chi connectivity index (χ1) is 9.72. The monoisotopic (exact) mass is 294 g/mol. The lowest BCUT2D eigenvalue weighted by Gasteiger charge is -2.19. The van der Waals surface area contributed by atoms with Crippen LogP contribution in [0.15, 0.2) is 24.3 Å². The predicted octanol–water partition coefficient (Wildman–Crippen LogP) is 3.73. The van der Waals surface area contributed by atoms with Crippen LogP contribution in [0.4, 0.5) is 0 Å². The molecule has 0 saturated heterocycles. The molecule has 1 rings (SSSR count). The van der Waals surface area contributed by atoms with E-state index in [-0.39, 0.29) is 17.4 Å². The summed E-state index contributed by atoms with van der Waals surface area (Å²) in [5.41, 5.74) is 1.83. The molecule has 21 heavy (non-hydrogen) atoms. The molecule has 0 aliphatic carbocycles. The molecule has 1 aromatic carbocycles. The van der Waals surface area contributed by atoms with Gasteiger partial charge in [-0.15, -0.1) is 0 Å². The third-order valence-electron chi connectivity index (χ3n) is 2.59. The second kappa shape index (κ2) is 9.16. The summed E-state index contributed by atoms with van der Waals surface area (Å²) >= 11 is 0. The number of benzene rings is 1. The van der Waals surface area contributed by atoms with E-state index in [1.54, 1.807) is 13.0 Å². The van der Waals surface area contributed by atoms with Gasteiger partial charge in [0.15, 0.2) is 0 Å². The van der Waals surface area contributed by atoms with E-state index in [0.717, 1.165) is 5.56 Å². The van der Waals surface area contributed by atoms with Crippen LogP contribution in [0.25, 0.3) is 0 Å². The van der Waals surface area contributed by atoms with Crippen LogP contribution in [-0.2, 0) is 19.7 Å². The van der Waals surface area contributed by atoms with Crippen LogP contribution in [0.2, 0.25) is 0 Å². The van der Waals surface area contributed by atoms with Crippen molar-refractivity contribution < 1.29 is 19.1 Å². The van der Waals surface area contributed by atoms with Crippen LogP contribution in [-0.4, -0.2) is 25.2 Å². The van der Waals surface area contributed by atoms with Gasteiger partial charge in [0.1, 0.15) is 0 Å². The van der Waals surface area contributed by atoms with E-state index in [1.807, 2.05) is 25.1 Å². The van der Waals surface area contributed by atoms with Crippen molar-refractivity contribution in [2.75, 3.05) is 13.2 Å². The maximum Gasteiger partial charge on any atom is 0.338 e. The second-order valence-corrected chi connectivity index (χ2v) is 5.48. The summed E-state index contributed by atoms with van der Waals surface area (Å²) in [6, 6.07) is 7.61. The highest BCUT2D eigenvalue weighted by Crippen LogP contribution is 2.22. The van der Waals surface area contributed by atoms with Crippen LogP contribution in [0.5, 0.6) is 0 Å². The molecule has 0 heterocycles. The minimum absolute atomic E-state index is 0.0580. The first-order valence-corrected chi connectivity index (χ1v) is 7.13. The van der Waals surface area contributed by atoms with Gasteiger partial charge in [0.05, 0.1) is 18.8 Å². The van der Waals surface area contributed by atoms with Crippen LogP contribution in [0.3, 0.4) is 0 Å². The molecule has 0 aliphatic rings. The van der Waals surface area contributed by atoms with Gasteiger partial charge >= 0.3 is 11.9 Å². The Morgan fingerprint density at radius 1 is 1.05 bits per heavy atom. The van der Waals surface area contributed by atoms with E-state index in [2.05, 4.69) is 25.5 Å². The molecule has 0 spiro atoms. The maximum absolute atomic E-state index is 11.5. The Morgan fingerprint density at radius 2 is 1.62 bits per heavy atom. The number of ether oxygens (including phenoxy) is 2. The van der Waals surface area contributed by atoms with Gasteiger partial charge in [0.25, 0.3) is 0 Å². The zero-order valence-electron chi connectivity index (χ0n) is 13.9. The molecular formula is C17H26O4. The third-order valence-corrected chi connectivity index (χ3v) is 2.59. The minimum Gasteiger partial charge on any atom is -0.466 e. The number of esters is 2. The van der Waals surface area contributed by atoms with Crippen molar-refractivity contribution in [3.63, 3.8) is 0 Å². The Morgan fingerprint density at radius 3 is 2.00 bits per heavy atom. The van der Waals surface area contributed by atoms with E-state index in [1.165, 1.54) is 6.92 Å². The van der Waals surface area contributed by atoms with Gasteiger partial charge in [-0.1, -0.05) is 32.9 Å². The normalized spacial score (nSPS) is 10.2. The molecule has 0 atom stereocenters. The van der Waals surface area contributed by atoms with Crippen LogP contribution in [0, 0.1) is 0 Å². The summed E-state index contributed by atoms with van der Waals surface area (Å²) in [6.45, 7) is 12.2. The van der Waals surface area contributed by atoms with Crippen molar-refractivity contribution in [2.45, 2.75) is 47.0 Å². The molecule has 0 aromatic heterocycles. The first-order valence-electron chi connectivity index (χ1n) is 7.13. The molecule has 4 heteroatoms. The highest BCUT2D eigenvalue weighted by molar-refractivity contribution is 5.89. The van der Waals surface area contributed by atoms with E-state index in [4.69, 9.17) is 4.74 Å². The standard InChI is InChI=1S/C13H18O2.C4H8O2/c1-5-15-12(14)10-7-6-8-11(9-10)13(2,3)4;1-3-6-4(2)5/h6-9H,5H2,1-4H3;3H2,1-2H3. The minimum atomic E-state index is -0.247. The molecule has 0 unspecified atom stereocenters. The average molecular weight is 294 g/mol. The highest BCUT2D eigenvalue weighted by atomic mass is 16.5. The molecule has 0 aliphatic heterocycles. The fourth-order valence-corrected chi connectivity index (χ4v) is 1.53. The van der Waals surface area contributed by atoms with E-state index >= 15 is 0 Å². The zero-order chi connectivity index (χ0) is 16.5. The molecule has 1 aromatic rings. The Bertz CT molecular complexity index is 458. The fourth-order valence-electron chi connectivity index (χ4n) is 1.53. The molecule has 0 radical (unpaired) electrons. The molecule has 0 N–H and O–H groups in total. The molecule has 0 saturated carbocycles. The summed E-state index contributed by atoms with van der Waals surface area (Å²) in [6.07, 6.45) is 0. The summed E-state index contributed by atoms with van der Waals surface area (Å²) in [5.74, 6) is -0.457. The van der Waals surface area contributed by atoms with Crippen molar-refractivity contribution in [2.24, 2.45) is 0 Å². The van der Waals surface area contributed by atoms with Gasteiger partial charge in [0, 0.05) is 6.92 Å². The van der Waals surface area contributed by atoms with Crippen molar-refractivity contribution in [1.29, 1.82) is 0 Å². The highest BCUT2D eigenvalue weighted by Gasteiger charge is 2.15. The van der Waals surface area contributed by atoms with Gasteiger partial charge in [0.2, 0.25) is 0 Å². The third kappa shape index (κ3) is 8.12. The van der Waals surface area contributed by atoms with Gasteiger partial charge in [-0.2, -0.15) is 0 Å². The number of hydrogen-bond donors (Lipinski definition) is 0. The Hall–Kier alpha value is -1.84. The van der Waals surface area contributed by atoms with Crippen molar-refractivity contribution in [3.8, 4) is 0 Å². The van der Waals surface area contributed by atoms with Crippen molar-refractivity contribution in [3.05, 3.63) is 35.4 Å². The number of rotatable bonds is 3.